The Hall–Kier alpha value is -1.76. The second-order valence-electron chi connectivity index (χ2n) is 3.89. The molecule has 1 amide bonds. The summed E-state index contributed by atoms with van der Waals surface area (Å²) in [5.74, 6) is 0.368. The second-order valence-corrected chi connectivity index (χ2v) is 5.06. The van der Waals surface area contributed by atoms with Crippen LogP contribution in [0.4, 0.5) is 11.4 Å². The number of nitrogen functional groups attached to an aromatic ring is 1. The lowest BCUT2D eigenvalue weighted by Crippen LogP contribution is -2.14. The highest BCUT2D eigenvalue weighted by Crippen LogP contribution is 2.27. The molecule has 0 bridgehead atoms. The Morgan fingerprint density at radius 3 is 2.68 bits per heavy atom. The van der Waals surface area contributed by atoms with Crippen LogP contribution in [-0.2, 0) is 0 Å². The van der Waals surface area contributed by atoms with Crippen molar-refractivity contribution in [3.05, 3.63) is 51.6 Å². The second kappa shape index (κ2) is 5.92. The van der Waals surface area contributed by atoms with E-state index >= 15 is 0 Å². The number of nitrogens with two attached hydrogens (primary N) is 1. The number of rotatable bonds is 3. The van der Waals surface area contributed by atoms with E-state index in [9.17, 15) is 4.79 Å². The molecule has 0 aliphatic heterocycles. The smallest absolute Gasteiger partial charge is 0.256 e. The first kappa shape index (κ1) is 13.7. The number of benzene rings is 2. The van der Waals surface area contributed by atoms with E-state index in [0.29, 0.717) is 22.7 Å². The number of carbonyl (C=O) groups is 1. The third-order valence-electron chi connectivity index (χ3n) is 2.59. The van der Waals surface area contributed by atoms with Gasteiger partial charge in [-0.2, -0.15) is 0 Å². The Bertz CT molecular complexity index is 614. The minimum atomic E-state index is -0.173. The molecule has 0 atom stereocenters. The van der Waals surface area contributed by atoms with E-state index in [1.54, 1.807) is 24.3 Å². The summed E-state index contributed by atoms with van der Waals surface area (Å²) in [4.78, 5) is 12.2. The molecule has 5 heteroatoms. The summed E-state index contributed by atoms with van der Waals surface area (Å²) in [6.07, 6.45) is 0. The molecule has 0 aliphatic rings. The average Bonchev–Trinajstić information content (AvgIpc) is 2.41. The minimum absolute atomic E-state index is 0.173. The molecule has 0 saturated heterocycles. The summed E-state index contributed by atoms with van der Waals surface area (Å²) >= 11 is 2.13. The van der Waals surface area contributed by atoms with Gasteiger partial charge in [0, 0.05) is 15.3 Å². The maximum absolute atomic E-state index is 12.2. The molecule has 0 fully saturated rings. The SMILES string of the molecule is COc1cc(N)ccc1NC(=O)c1ccccc1I. The number of methoxy groups -OCH3 is 1. The summed E-state index contributed by atoms with van der Waals surface area (Å²) in [5.41, 5.74) is 7.49. The Morgan fingerprint density at radius 2 is 2.00 bits per heavy atom. The van der Waals surface area contributed by atoms with Crippen LogP contribution in [0.5, 0.6) is 5.75 Å². The summed E-state index contributed by atoms with van der Waals surface area (Å²) in [5, 5.41) is 2.82. The summed E-state index contributed by atoms with van der Waals surface area (Å²) in [6.45, 7) is 0. The zero-order valence-electron chi connectivity index (χ0n) is 10.3. The lowest BCUT2D eigenvalue weighted by Gasteiger charge is -2.11. The van der Waals surface area contributed by atoms with E-state index in [4.69, 9.17) is 10.5 Å². The maximum Gasteiger partial charge on any atom is 0.256 e. The first-order valence-corrected chi connectivity index (χ1v) is 6.69. The molecule has 0 saturated carbocycles. The first-order valence-electron chi connectivity index (χ1n) is 5.61. The van der Waals surface area contributed by atoms with E-state index < -0.39 is 0 Å². The molecule has 19 heavy (non-hydrogen) atoms. The molecule has 0 spiro atoms. The van der Waals surface area contributed by atoms with Gasteiger partial charge in [0.2, 0.25) is 0 Å². The number of amides is 1. The van der Waals surface area contributed by atoms with Gasteiger partial charge in [0.05, 0.1) is 18.4 Å². The van der Waals surface area contributed by atoms with Crippen LogP contribution in [0.3, 0.4) is 0 Å². The van der Waals surface area contributed by atoms with Gasteiger partial charge >= 0.3 is 0 Å². The number of hydrogen-bond acceptors (Lipinski definition) is 3. The van der Waals surface area contributed by atoms with Crippen LogP contribution in [0, 0.1) is 3.57 Å². The van der Waals surface area contributed by atoms with Crippen LogP contribution in [0.2, 0.25) is 0 Å². The van der Waals surface area contributed by atoms with E-state index in [2.05, 4.69) is 27.9 Å². The van der Waals surface area contributed by atoms with Crippen molar-refractivity contribution in [2.45, 2.75) is 0 Å². The molecular weight excluding hydrogens is 355 g/mol. The first-order chi connectivity index (χ1) is 9.11. The van der Waals surface area contributed by atoms with E-state index in [-0.39, 0.29) is 5.91 Å². The van der Waals surface area contributed by atoms with Crippen LogP contribution in [0.15, 0.2) is 42.5 Å². The van der Waals surface area contributed by atoms with Gasteiger partial charge < -0.3 is 15.8 Å². The van der Waals surface area contributed by atoms with Crippen LogP contribution in [0.1, 0.15) is 10.4 Å². The number of hydrogen-bond donors (Lipinski definition) is 2. The van der Waals surface area contributed by atoms with Crippen molar-refractivity contribution in [2.24, 2.45) is 0 Å². The highest BCUT2D eigenvalue weighted by atomic mass is 127. The fraction of sp³-hybridized carbons (Fsp3) is 0.0714. The number of halogens is 1. The molecule has 0 unspecified atom stereocenters. The Labute approximate surface area is 125 Å². The van der Waals surface area contributed by atoms with Gasteiger partial charge in [0.15, 0.2) is 0 Å². The van der Waals surface area contributed by atoms with Gasteiger partial charge in [-0.05, 0) is 46.9 Å². The van der Waals surface area contributed by atoms with Gasteiger partial charge in [-0.15, -0.1) is 0 Å². The maximum atomic E-state index is 12.2. The summed E-state index contributed by atoms with van der Waals surface area (Å²) in [7, 11) is 1.54. The minimum Gasteiger partial charge on any atom is -0.494 e. The van der Waals surface area contributed by atoms with Gasteiger partial charge in [-0.1, -0.05) is 12.1 Å². The fourth-order valence-electron chi connectivity index (χ4n) is 1.65. The van der Waals surface area contributed by atoms with Crippen molar-refractivity contribution in [3.8, 4) is 5.75 Å². The fourth-order valence-corrected chi connectivity index (χ4v) is 2.28. The van der Waals surface area contributed by atoms with E-state index in [1.807, 2.05) is 18.2 Å². The van der Waals surface area contributed by atoms with Crippen molar-refractivity contribution in [2.75, 3.05) is 18.2 Å². The zero-order valence-corrected chi connectivity index (χ0v) is 12.5. The predicted molar refractivity (Wildman–Crippen MR) is 84.5 cm³/mol. The van der Waals surface area contributed by atoms with Crippen molar-refractivity contribution in [1.29, 1.82) is 0 Å². The van der Waals surface area contributed by atoms with Crippen molar-refractivity contribution < 1.29 is 9.53 Å². The van der Waals surface area contributed by atoms with Crippen molar-refractivity contribution in [1.82, 2.24) is 0 Å². The molecule has 3 N–H and O–H groups in total. The Balaban J connectivity index is 2.27. The number of ether oxygens (including phenoxy) is 1. The van der Waals surface area contributed by atoms with E-state index in [1.165, 1.54) is 7.11 Å². The third-order valence-corrected chi connectivity index (χ3v) is 3.53. The molecular formula is C14H13IN2O2. The molecule has 2 rings (SSSR count). The third kappa shape index (κ3) is 3.17. The molecule has 2 aromatic rings. The van der Waals surface area contributed by atoms with Gasteiger partial charge in [-0.3, -0.25) is 4.79 Å². The zero-order chi connectivity index (χ0) is 13.8. The van der Waals surface area contributed by atoms with Gasteiger partial charge in [0.1, 0.15) is 5.75 Å². The Morgan fingerprint density at radius 1 is 1.26 bits per heavy atom. The van der Waals surface area contributed by atoms with Crippen molar-refractivity contribution in [3.63, 3.8) is 0 Å². The molecule has 0 aliphatic carbocycles. The van der Waals surface area contributed by atoms with E-state index in [0.717, 1.165) is 3.57 Å². The predicted octanol–water partition coefficient (Wildman–Crippen LogP) is 3.13. The quantitative estimate of drug-likeness (QED) is 0.646. The number of nitrogens with one attached hydrogen (secondary N) is 1. The van der Waals surface area contributed by atoms with Crippen molar-refractivity contribution >= 4 is 39.9 Å². The van der Waals surface area contributed by atoms with Crippen LogP contribution in [-0.4, -0.2) is 13.0 Å². The Kier molecular flexibility index (Phi) is 4.26. The lowest BCUT2D eigenvalue weighted by molar-refractivity contribution is 0.102. The highest BCUT2D eigenvalue weighted by Gasteiger charge is 2.12. The standard InChI is InChI=1S/C14H13IN2O2/c1-19-13-8-9(16)6-7-12(13)17-14(18)10-4-2-3-5-11(10)15/h2-8H,16H2,1H3,(H,17,18). The topological polar surface area (TPSA) is 64.3 Å². The number of carbonyl (C=O) groups excluding carboxylic acids is 1. The molecule has 4 nitrogen and oxygen atoms in total. The average molecular weight is 368 g/mol. The lowest BCUT2D eigenvalue weighted by atomic mass is 10.2. The molecule has 0 aromatic heterocycles. The molecule has 0 radical (unpaired) electrons. The largest absolute Gasteiger partial charge is 0.494 e. The monoisotopic (exact) mass is 368 g/mol. The normalized spacial score (nSPS) is 10.0. The molecule has 98 valence electrons. The summed E-state index contributed by atoms with van der Waals surface area (Å²) < 4.78 is 6.09. The molecule has 2 aromatic carbocycles. The van der Waals surface area contributed by atoms with Crippen LogP contribution in [0.25, 0.3) is 0 Å². The van der Waals surface area contributed by atoms with Crippen LogP contribution >= 0.6 is 22.6 Å². The molecule has 0 heterocycles. The number of anilines is 2. The van der Waals surface area contributed by atoms with Gasteiger partial charge in [0.25, 0.3) is 5.91 Å². The summed E-state index contributed by atoms with van der Waals surface area (Å²) in [6, 6.07) is 12.5. The van der Waals surface area contributed by atoms with Gasteiger partial charge in [-0.25, -0.2) is 0 Å². The van der Waals surface area contributed by atoms with Crippen LogP contribution < -0.4 is 15.8 Å². The highest BCUT2D eigenvalue weighted by molar-refractivity contribution is 14.1.